The molecule has 0 radical (unpaired) electrons. The zero-order chi connectivity index (χ0) is 14.8. The molecule has 0 saturated heterocycles. The number of urea groups is 1. The van der Waals surface area contributed by atoms with E-state index in [0.717, 1.165) is 12.3 Å². The third kappa shape index (κ3) is 4.11. The van der Waals surface area contributed by atoms with Crippen molar-refractivity contribution in [2.75, 3.05) is 0 Å². The largest absolute Gasteiger partial charge is 0.481 e. The van der Waals surface area contributed by atoms with Crippen LogP contribution in [0.25, 0.3) is 0 Å². The van der Waals surface area contributed by atoms with Crippen molar-refractivity contribution in [3.63, 3.8) is 0 Å². The van der Waals surface area contributed by atoms with Gasteiger partial charge < -0.3 is 15.7 Å². The lowest BCUT2D eigenvalue weighted by Gasteiger charge is -2.39. The normalized spacial score (nSPS) is 17.7. The summed E-state index contributed by atoms with van der Waals surface area (Å²) >= 11 is 0. The Labute approximate surface area is 115 Å². The number of carbonyl (C=O) groups excluding carboxylic acids is 1. The minimum atomic E-state index is -1.04. The predicted molar refractivity (Wildman–Crippen MR) is 74.0 cm³/mol. The van der Waals surface area contributed by atoms with E-state index in [2.05, 4.69) is 10.6 Å². The molecule has 1 atom stereocenters. The molecule has 3 N–H and O–H groups in total. The zero-order valence-electron chi connectivity index (χ0n) is 12.5. The van der Waals surface area contributed by atoms with Gasteiger partial charge in [-0.2, -0.15) is 0 Å². The molecule has 0 aliphatic heterocycles. The molecular formula is C14H26N2O3. The van der Waals surface area contributed by atoms with Crippen molar-refractivity contribution in [1.29, 1.82) is 0 Å². The first-order valence-corrected chi connectivity index (χ1v) is 6.88. The summed E-state index contributed by atoms with van der Waals surface area (Å²) in [6.45, 7) is 8.66. The Morgan fingerprint density at radius 3 is 2.21 bits per heavy atom. The van der Waals surface area contributed by atoms with Crippen LogP contribution in [0.3, 0.4) is 0 Å². The third-order valence-electron chi connectivity index (χ3n) is 4.28. The summed E-state index contributed by atoms with van der Waals surface area (Å²) in [6.07, 6.45) is 3.51. The quantitative estimate of drug-likeness (QED) is 0.693. The summed E-state index contributed by atoms with van der Waals surface area (Å²) in [7, 11) is 0. The van der Waals surface area contributed by atoms with E-state index in [-0.39, 0.29) is 12.1 Å². The molecule has 0 bridgehead atoms. The molecule has 1 saturated carbocycles. The standard InChI is InChI=1S/C14H26N2O3/c1-9(8-10-6-7-10)15-12(19)16-14(4,5)13(2,3)11(17)18/h9-10H,6-8H2,1-5H3,(H,17,18)(H2,15,16,19). The van der Waals surface area contributed by atoms with Gasteiger partial charge >= 0.3 is 12.0 Å². The lowest BCUT2D eigenvalue weighted by atomic mass is 9.74. The Morgan fingerprint density at radius 1 is 1.26 bits per heavy atom. The van der Waals surface area contributed by atoms with Crippen molar-refractivity contribution < 1.29 is 14.7 Å². The van der Waals surface area contributed by atoms with Crippen LogP contribution in [-0.2, 0) is 4.79 Å². The maximum absolute atomic E-state index is 11.9. The molecule has 1 aliphatic rings. The van der Waals surface area contributed by atoms with Gasteiger partial charge in [-0.05, 0) is 47.0 Å². The minimum Gasteiger partial charge on any atom is -0.481 e. The topological polar surface area (TPSA) is 78.4 Å². The van der Waals surface area contributed by atoms with Gasteiger partial charge in [-0.3, -0.25) is 4.79 Å². The van der Waals surface area contributed by atoms with Gasteiger partial charge in [0.15, 0.2) is 0 Å². The molecule has 5 nitrogen and oxygen atoms in total. The number of nitrogens with one attached hydrogen (secondary N) is 2. The Hall–Kier alpha value is -1.26. The fourth-order valence-electron chi connectivity index (χ4n) is 1.88. The molecule has 1 fully saturated rings. The number of amides is 2. The van der Waals surface area contributed by atoms with Gasteiger partial charge in [0.05, 0.1) is 11.0 Å². The average Bonchev–Trinajstić information content (AvgIpc) is 2.99. The molecule has 110 valence electrons. The van der Waals surface area contributed by atoms with E-state index < -0.39 is 16.9 Å². The highest BCUT2D eigenvalue weighted by Gasteiger charge is 2.44. The van der Waals surface area contributed by atoms with E-state index in [1.807, 2.05) is 6.92 Å². The van der Waals surface area contributed by atoms with E-state index in [1.165, 1.54) is 12.8 Å². The molecular weight excluding hydrogens is 244 g/mol. The lowest BCUT2D eigenvalue weighted by molar-refractivity contribution is -0.150. The van der Waals surface area contributed by atoms with Gasteiger partial charge in [-0.15, -0.1) is 0 Å². The van der Waals surface area contributed by atoms with Crippen molar-refractivity contribution in [1.82, 2.24) is 10.6 Å². The first kappa shape index (κ1) is 15.8. The number of hydrogen-bond acceptors (Lipinski definition) is 2. The van der Waals surface area contributed by atoms with Gasteiger partial charge in [0.25, 0.3) is 0 Å². The summed E-state index contributed by atoms with van der Waals surface area (Å²) in [5, 5.41) is 14.9. The predicted octanol–water partition coefficient (Wildman–Crippen LogP) is 2.36. The van der Waals surface area contributed by atoms with Crippen LogP contribution in [0.5, 0.6) is 0 Å². The molecule has 19 heavy (non-hydrogen) atoms. The molecule has 0 aromatic rings. The Morgan fingerprint density at radius 2 is 1.79 bits per heavy atom. The lowest BCUT2D eigenvalue weighted by Crippen LogP contribution is -2.59. The van der Waals surface area contributed by atoms with Crippen LogP contribution >= 0.6 is 0 Å². The van der Waals surface area contributed by atoms with Crippen LogP contribution in [0, 0.1) is 11.3 Å². The van der Waals surface area contributed by atoms with Crippen LogP contribution in [0.2, 0.25) is 0 Å². The van der Waals surface area contributed by atoms with Crippen molar-refractivity contribution in [3.8, 4) is 0 Å². The molecule has 1 unspecified atom stereocenters. The van der Waals surface area contributed by atoms with Crippen molar-refractivity contribution in [2.45, 2.75) is 65.5 Å². The number of carboxylic acids is 1. The molecule has 0 heterocycles. The fourth-order valence-corrected chi connectivity index (χ4v) is 1.88. The van der Waals surface area contributed by atoms with Crippen molar-refractivity contribution in [3.05, 3.63) is 0 Å². The molecule has 0 aromatic heterocycles. The molecule has 1 aliphatic carbocycles. The summed E-state index contributed by atoms with van der Waals surface area (Å²) in [6, 6.07) is -0.177. The SMILES string of the molecule is CC(CC1CC1)NC(=O)NC(C)(C)C(C)(C)C(=O)O. The van der Waals surface area contributed by atoms with Gasteiger partial charge in [0.1, 0.15) is 0 Å². The van der Waals surface area contributed by atoms with Crippen LogP contribution in [0.1, 0.15) is 53.9 Å². The van der Waals surface area contributed by atoms with Crippen molar-refractivity contribution >= 4 is 12.0 Å². The van der Waals surface area contributed by atoms with Crippen molar-refractivity contribution in [2.24, 2.45) is 11.3 Å². The summed E-state index contributed by atoms with van der Waals surface area (Å²) < 4.78 is 0. The molecule has 1 rings (SSSR count). The maximum Gasteiger partial charge on any atom is 0.315 e. The monoisotopic (exact) mass is 270 g/mol. The number of hydrogen-bond donors (Lipinski definition) is 3. The van der Waals surface area contributed by atoms with Gasteiger partial charge in [0.2, 0.25) is 0 Å². The van der Waals surface area contributed by atoms with Crippen LogP contribution in [0.15, 0.2) is 0 Å². The van der Waals surface area contributed by atoms with Gasteiger partial charge in [-0.25, -0.2) is 4.79 Å². The number of aliphatic carboxylic acids is 1. The van der Waals surface area contributed by atoms with E-state index in [0.29, 0.717) is 0 Å². The van der Waals surface area contributed by atoms with Crippen LogP contribution in [-0.4, -0.2) is 28.7 Å². The molecule has 5 heteroatoms. The molecule has 0 spiro atoms. The fraction of sp³-hybridized carbons (Fsp3) is 0.857. The van der Waals surface area contributed by atoms with E-state index >= 15 is 0 Å². The second kappa shape index (κ2) is 5.39. The summed E-state index contributed by atoms with van der Waals surface area (Å²) in [5.74, 6) is -0.178. The molecule has 0 aromatic carbocycles. The van der Waals surface area contributed by atoms with Gasteiger partial charge in [0, 0.05) is 6.04 Å². The first-order valence-electron chi connectivity index (χ1n) is 6.88. The van der Waals surface area contributed by atoms with E-state index in [1.54, 1.807) is 27.7 Å². The highest BCUT2D eigenvalue weighted by Crippen LogP contribution is 2.33. The Balaban J connectivity index is 2.51. The number of carbonyl (C=O) groups is 2. The average molecular weight is 270 g/mol. The second-order valence-corrected chi connectivity index (χ2v) is 6.73. The second-order valence-electron chi connectivity index (χ2n) is 6.73. The maximum atomic E-state index is 11.9. The Kier molecular flexibility index (Phi) is 4.48. The molecule has 2 amide bonds. The van der Waals surface area contributed by atoms with Gasteiger partial charge in [-0.1, -0.05) is 12.8 Å². The van der Waals surface area contributed by atoms with Crippen LogP contribution < -0.4 is 10.6 Å². The number of rotatable bonds is 6. The summed E-state index contributed by atoms with van der Waals surface area (Å²) in [5.41, 5.74) is -1.87. The van der Waals surface area contributed by atoms with E-state index in [4.69, 9.17) is 0 Å². The minimum absolute atomic E-state index is 0.122. The third-order valence-corrected chi connectivity index (χ3v) is 4.28. The van der Waals surface area contributed by atoms with E-state index in [9.17, 15) is 14.7 Å². The highest BCUT2D eigenvalue weighted by molar-refractivity contribution is 5.79. The summed E-state index contributed by atoms with van der Waals surface area (Å²) in [4.78, 5) is 23.2. The first-order chi connectivity index (χ1) is 8.56. The smallest absolute Gasteiger partial charge is 0.315 e. The van der Waals surface area contributed by atoms with Crippen LogP contribution in [0.4, 0.5) is 4.79 Å². The zero-order valence-corrected chi connectivity index (χ0v) is 12.5. The Bertz CT molecular complexity index is 360. The number of carboxylic acid groups (broad SMARTS) is 1. The highest BCUT2D eigenvalue weighted by atomic mass is 16.4.